The van der Waals surface area contributed by atoms with E-state index in [1.165, 1.54) is 6.92 Å². The Hall–Kier alpha value is -1.77. The molecule has 1 rings (SSSR count). The molecule has 0 aliphatic carbocycles. The summed E-state index contributed by atoms with van der Waals surface area (Å²) in [6.07, 6.45) is 0.906. The number of Topliss-reactive ketones (excluding diaryl/α,β-unsaturated/α-hetero) is 3. The lowest BCUT2D eigenvalue weighted by molar-refractivity contribution is -0.135. The third-order valence-electron chi connectivity index (χ3n) is 2.30. The quantitative estimate of drug-likeness (QED) is 0.543. The predicted octanol–water partition coefficient (Wildman–Crippen LogP) is 2.20. The number of ketones is 3. The maximum Gasteiger partial charge on any atom is 0.198 e. The molecular weight excluding hydrogens is 204 g/mol. The van der Waals surface area contributed by atoms with Gasteiger partial charge in [-0.15, -0.1) is 0 Å². The van der Waals surface area contributed by atoms with Crippen LogP contribution in [0.15, 0.2) is 30.3 Å². The van der Waals surface area contributed by atoms with E-state index in [9.17, 15) is 14.4 Å². The zero-order chi connectivity index (χ0) is 12.0. The van der Waals surface area contributed by atoms with Crippen LogP contribution in [0.1, 0.15) is 36.5 Å². The van der Waals surface area contributed by atoms with E-state index >= 15 is 0 Å². The van der Waals surface area contributed by atoms with Crippen LogP contribution in [0.5, 0.6) is 0 Å². The van der Waals surface area contributed by atoms with Crippen LogP contribution in [0.2, 0.25) is 0 Å². The second-order valence-corrected chi connectivity index (χ2v) is 3.62. The van der Waals surface area contributed by atoms with Gasteiger partial charge in [0.1, 0.15) is 0 Å². The molecular formula is C13H14O3. The van der Waals surface area contributed by atoms with Gasteiger partial charge in [0.25, 0.3) is 0 Å². The van der Waals surface area contributed by atoms with Gasteiger partial charge in [-0.1, -0.05) is 30.3 Å². The lowest BCUT2D eigenvalue weighted by atomic mass is 10.0. The van der Waals surface area contributed by atoms with Crippen molar-refractivity contribution in [3.63, 3.8) is 0 Å². The van der Waals surface area contributed by atoms with Crippen LogP contribution in [0, 0.1) is 0 Å². The number of carbonyl (C=O) groups is 3. The lowest BCUT2D eigenvalue weighted by Gasteiger charge is -1.99. The average molecular weight is 218 g/mol. The smallest absolute Gasteiger partial charge is 0.198 e. The van der Waals surface area contributed by atoms with Gasteiger partial charge < -0.3 is 0 Å². The first-order valence-electron chi connectivity index (χ1n) is 5.23. The van der Waals surface area contributed by atoms with Crippen molar-refractivity contribution in [2.45, 2.75) is 26.2 Å². The van der Waals surface area contributed by atoms with E-state index < -0.39 is 11.6 Å². The monoisotopic (exact) mass is 218 g/mol. The molecule has 0 bridgehead atoms. The maximum absolute atomic E-state index is 11.6. The molecule has 0 aromatic heterocycles. The number of hydrogen-bond donors (Lipinski definition) is 0. The first-order valence-corrected chi connectivity index (χ1v) is 5.23. The molecule has 1 aromatic carbocycles. The lowest BCUT2D eigenvalue weighted by Crippen LogP contribution is -2.09. The zero-order valence-corrected chi connectivity index (χ0v) is 9.23. The normalized spacial score (nSPS) is 9.81. The Balaban J connectivity index is 2.37. The number of carbonyl (C=O) groups excluding carboxylic acids is 3. The average Bonchev–Trinajstić information content (AvgIpc) is 2.29. The highest BCUT2D eigenvalue weighted by Gasteiger charge is 2.09. The topological polar surface area (TPSA) is 51.2 Å². The van der Waals surface area contributed by atoms with Crippen LogP contribution in [0.25, 0.3) is 0 Å². The first-order chi connectivity index (χ1) is 7.61. The Morgan fingerprint density at radius 1 is 1.00 bits per heavy atom. The van der Waals surface area contributed by atoms with E-state index in [1.807, 2.05) is 6.07 Å². The van der Waals surface area contributed by atoms with E-state index in [-0.39, 0.29) is 12.2 Å². The van der Waals surface area contributed by atoms with Gasteiger partial charge in [0.05, 0.1) is 0 Å². The molecule has 0 amide bonds. The molecule has 0 aliphatic heterocycles. The first kappa shape index (κ1) is 12.3. The third kappa shape index (κ3) is 3.77. The molecule has 0 radical (unpaired) electrons. The summed E-state index contributed by atoms with van der Waals surface area (Å²) in [6, 6.07) is 8.93. The van der Waals surface area contributed by atoms with Crippen molar-refractivity contribution in [2.24, 2.45) is 0 Å². The Bertz CT molecular complexity index is 393. The molecule has 0 fully saturated rings. The van der Waals surface area contributed by atoms with Gasteiger partial charge in [-0.3, -0.25) is 14.4 Å². The summed E-state index contributed by atoms with van der Waals surface area (Å²) in [7, 11) is 0. The van der Waals surface area contributed by atoms with Crippen LogP contribution in [-0.4, -0.2) is 17.3 Å². The third-order valence-corrected chi connectivity index (χ3v) is 2.30. The van der Waals surface area contributed by atoms with Crippen molar-refractivity contribution in [3.05, 3.63) is 35.9 Å². The molecule has 3 nitrogen and oxygen atoms in total. The van der Waals surface area contributed by atoms with Crippen LogP contribution >= 0.6 is 0 Å². The summed E-state index contributed by atoms with van der Waals surface area (Å²) in [5.41, 5.74) is 0.651. The molecule has 0 saturated carbocycles. The van der Waals surface area contributed by atoms with Crippen LogP contribution in [0.3, 0.4) is 0 Å². The van der Waals surface area contributed by atoms with Crippen LogP contribution in [0.4, 0.5) is 0 Å². The molecule has 0 atom stereocenters. The minimum atomic E-state index is -0.438. The van der Waals surface area contributed by atoms with Gasteiger partial charge in [0, 0.05) is 25.3 Å². The van der Waals surface area contributed by atoms with Gasteiger partial charge in [0.15, 0.2) is 17.3 Å². The van der Waals surface area contributed by atoms with Crippen LogP contribution < -0.4 is 0 Å². The van der Waals surface area contributed by atoms with Crippen molar-refractivity contribution in [1.82, 2.24) is 0 Å². The molecule has 0 spiro atoms. The Kier molecular flexibility index (Phi) is 4.58. The second kappa shape index (κ2) is 5.95. The van der Waals surface area contributed by atoms with E-state index in [0.717, 1.165) is 0 Å². The minimum absolute atomic E-state index is 0.0111. The van der Waals surface area contributed by atoms with Gasteiger partial charge in [-0.05, 0) is 6.42 Å². The number of benzene rings is 1. The summed E-state index contributed by atoms with van der Waals surface area (Å²) < 4.78 is 0. The summed E-state index contributed by atoms with van der Waals surface area (Å²) in [5.74, 6) is -0.829. The van der Waals surface area contributed by atoms with Crippen molar-refractivity contribution in [1.29, 1.82) is 0 Å². The molecule has 0 N–H and O–H groups in total. The number of hydrogen-bond acceptors (Lipinski definition) is 3. The van der Waals surface area contributed by atoms with Gasteiger partial charge in [0.2, 0.25) is 0 Å². The maximum atomic E-state index is 11.6. The molecule has 0 saturated heterocycles. The van der Waals surface area contributed by atoms with Gasteiger partial charge >= 0.3 is 0 Å². The van der Waals surface area contributed by atoms with E-state index in [0.29, 0.717) is 18.4 Å². The molecule has 3 heteroatoms. The molecule has 16 heavy (non-hydrogen) atoms. The summed E-state index contributed by atoms with van der Waals surface area (Å²) in [5, 5.41) is 0. The predicted molar refractivity (Wildman–Crippen MR) is 60.3 cm³/mol. The Labute approximate surface area is 94.5 Å². The fourth-order valence-corrected chi connectivity index (χ4v) is 1.35. The van der Waals surface area contributed by atoms with E-state index in [2.05, 4.69) is 0 Å². The standard InChI is InChI=1S/C13H14O3/c1-10(14)12(15)8-5-9-13(16)11-6-3-2-4-7-11/h2-4,6-7H,5,8-9H2,1H3. The molecule has 84 valence electrons. The fourth-order valence-electron chi connectivity index (χ4n) is 1.35. The molecule has 1 aromatic rings. The van der Waals surface area contributed by atoms with Gasteiger partial charge in [-0.2, -0.15) is 0 Å². The van der Waals surface area contributed by atoms with Crippen molar-refractivity contribution in [2.75, 3.05) is 0 Å². The molecule has 0 aliphatic rings. The van der Waals surface area contributed by atoms with Crippen LogP contribution in [-0.2, 0) is 9.59 Å². The highest BCUT2D eigenvalue weighted by atomic mass is 16.2. The Morgan fingerprint density at radius 2 is 1.62 bits per heavy atom. The summed E-state index contributed by atoms with van der Waals surface area (Å²) >= 11 is 0. The highest BCUT2D eigenvalue weighted by molar-refractivity contribution is 6.36. The largest absolute Gasteiger partial charge is 0.294 e. The fraction of sp³-hybridized carbons (Fsp3) is 0.308. The van der Waals surface area contributed by atoms with Crippen molar-refractivity contribution >= 4 is 17.3 Å². The SMILES string of the molecule is CC(=O)C(=O)CCCC(=O)c1ccccc1. The Morgan fingerprint density at radius 3 is 2.19 bits per heavy atom. The number of rotatable bonds is 6. The van der Waals surface area contributed by atoms with Gasteiger partial charge in [-0.25, -0.2) is 0 Å². The van der Waals surface area contributed by atoms with Crippen molar-refractivity contribution < 1.29 is 14.4 Å². The second-order valence-electron chi connectivity index (χ2n) is 3.62. The summed E-state index contributed by atoms with van der Waals surface area (Å²) in [4.78, 5) is 33.3. The van der Waals surface area contributed by atoms with E-state index in [4.69, 9.17) is 0 Å². The summed E-state index contributed by atoms with van der Waals surface area (Å²) in [6.45, 7) is 1.25. The van der Waals surface area contributed by atoms with E-state index in [1.54, 1.807) is 24.3 Å². The zero-order valence-electron chi connectivity index (χ0n) is 9.23. The highest BCUT2D eigenvalue weighted by Crippen LogP contribution is 2.07. The van der Waals surface area contributed by atoms with Crippen molar-refractivity contribution in [3.8, 4) is 0 Å². The molecule has 0 unspecified atom stereocenters. The molecule has 0 heterocycles. The minimum Gasteiger partial charge on any atom is -0.294 e.